The summed E-state index contributed by atoms with van der Waals surface area (Å²) in [5.41, 5.74) is 2.03. The minimum absolute atomic E-state index is 0.0340. The molecule has 0 fully saturated rings. The van der Waals surface area contributed by atoms with Crippen LogP contribution in [0, 0.1) is 6.92 Å². The summed E-state index contributed by atoms with van der Waals surface area (Å²) in [6.07, 6.45) is -3.97. The molecule has 0 aromatic heterocycles. The van der Waals surface area contributed by atoms with Gasteiger partial charge >= 0.3 is 6.18 Å². The number of halogens is 3. The molecule has 0 atom stereocenters. The number of aryl methyl sites for hydroxylation is 1. The standard InChI is InChI=1S/C14H18F3NO3/c1-10-4-5-13(12(8-10)11(2)18-19)21-7-3-6-20-9-14(15,16)17/h4-5,8,19H,3,6-7,9H2,1-2H3. The van der Waals surface area contributed by atoms with Crippen LogP contribution in [0.1, 0.15) is 24.5 Å². The van der Waals surface area contributed by atoms with E-state index in [-0.39, 0.29) is 13.2 Å². The molecular weight excluding hydrogens is 287 g/mol. The highest BCUT2D eigenvalue weighted by molar-refractivity contribution is 6.00. The van der Waals surface area contributed by atoms with Crippen LogP contribution in [0.3, 0.4) is 0 Å². The van der Waals surface area contributed by atoms with Gasteiger partial charge in [0.05, 0.1) is 18.9 Å². The zero-order chi connectivity index (χ0) is 15.9. The van der Waals surface area contributed by atoms with E-state index >= 15 is 0 Å². The largest absolute Gasteiger partial charge is 0.493 e. The molecule has 0 bridgehead atoms. The van der Waals surface area contributed by atoms with Gasteiger partial charge < -0.3 is 14.7 Å². The van der Waals surface area contributed by atoms with E-state index in [4.69, 9.17) is 9.94 Å². The molecule has 0 saturated heterocycles. The summed E-state index contributed by atoms with van der Waals surface area (Å²) in [4.78, 5) is 0. The van der Waals surface area contributed by atoms with Crippen molar-refractivity contribution in [3.63, 3.8) is 0 Å². The molecule has 0 unspecified atom stereocenters. The summed E-state index contributed by atoms with van der Waals surface area (Å²) >= 11 is 0. The van der Waals surface area contributed by atoms with Crippen molar-refractivity contribution in [3.8, 4) is 5.75 Å². The third kappa shape index (κ3) is 6.48. The van der Waals surface area contributed by atoms with Gasteiger partial charge in [-0.2, -0.15) is 13.2 Å². The normalized spacial score (nSPS) is 12.5. The van der Waals surface area contributed by atoms with Gasteiger partial charge in [0, 0.05) is 12.0 Å². The molecule has 0 aliphatic carbocycles. The SMILES string of the molecule is CC(=NO)c1cc(C)ccc1OCCCOCC(F)(F)F. The second kappa shape index (κ2) is 7.87. The molecule has 1 aromatic carbocycles. The molecule has 118 valence electrons. The summed E-state index contributed by atoms with van der Waals surface area (Å²) in [5, 5.41) is 12.0. The molecule has 0 aliphatic heterocycles. The maximum absolute atomic E-state index is 11.9. The zero-order valence-corrected chi connectivity index (χ0v) is 11.9. The highest BCUT2D eigenvalue weighted by Crippen LogP contribution is 2.21. The summed E-state index contributed by atoms with van der Waals surface area (Å²) in [5.74, 6) is 0.520. The number of rotatable bonds is 7. The van der Waals surface area contributed by atoms with Crippen molar-refractivity contribution in [2.24, 2.45) is 5.16 Å². The van der Waals surface area contributed by atoms with Gasteiger partial charge in [0.15, 0.2) is 0 Å². The molecule has 21 heavy (non-hydrogen) atoms. The fourth-order valence-electron chi connectivity index (χ4n) is 1.64. The van der Waals surface area contributed by atoms with Gasteiger partial charge in [-0.05, 0) is 26.0 Å². The topological polar surface area (TPSA) is 51.1 Å². The van der Waals surface area contributed by atoms with Crippen molar-refractivity contribution in [2.45, 2.75) is 26.4 Å². The number of ether oxygens (including phenoxy) is 2. The first-order valence-electron chi connectivity index (χ1n) is 6.40. The van der Waals surface area contributed by atoms with Gasteiger partial charge in [-0.25, -0.2) is 0 Å². The smallest absolute Gasteiger partial charge is 0.411 e. The number of hydrogen-bond donors (Lipinski definition) is 1. The second-order valence-electron chi connectivity index (χ2n) is 4.55. The van der Waals surface area contributed by atoms with E-state index in [0.717, 1.165) is 5.56 Å². The lowest BCUT2D eigenvalue weighted by atomic mass is 10.1. The van der Waals surface area contributed by atoms with E-state index in [1.807, 2.05) is 19.1 Å². The quantitative estimate of drug-likeness (QED) is 0.363. The van der Waals surface area contributed by atoms with E-state index in [0.29, 0.717) is 23.4 Å². The van der Waals surface area contributed by atoms with Crippen LogP contribution in [-0.2, 0) is 4.74 Å². The van der Waals surface area contributed by atoms with Gasteiger partial charge in [0.25, 0.3) is 0 Å². The third-order valence-corrected chi connectivity index (χ3v) is 2.63. The van der Waals surface area contributed by atoms with Crippen LogP contribution in [0.5, 0.6) is 5.75 Å². The Balaban J connectivity index is 2.45. The van der Waals surface area contributed by atoms with Crippen LogP contribution in [0.2, 0.25) is 0 Å². The lowest BCUT2D eigenvalue weighted by Crippen LogP contribution is -2.18. The molecule has 0 heterocycles. The van der Waals surface area contributed by atoms with Crippen molar-refractivity contribution in [1.82, 2.24) is 0 Å². The average molecular weight is 305 g/mol. The molecule has 0 radical (unpaired) electrons. The Labute approximate surface area is 121 Å². The van der Waals surface area contributed by atoms with Crippen LogP contribution in [0.4, 0.5) is 13.2 Å². The van der Waals surface area contributed by atoms with E-state index in [1.165, 1.54) is 0 Å². The Kier molecular flexibility index (Phi) is 6.48. The molecule has 4 nitrogen and oxygen atoms in total. The Bertz CT molecular complexity index is 487. The summed E-state index contributed by atoms with van der Waals surface area (Å²) in [7, 11) is 0. The molecule has 1 N–H and O–H groups in total. The minimum Gasteiger partial charge on any atom is -0.493 e. The summed E-state index contributed by atoms with van der Waals surface area (Å²) in [6.45, 7) is 2.45. The lowest BCUT2D eigenvalue weighted by Gasteiger charge is -2.12. The average Bonchev–Trinajstić information content (AvgIpc) is 2.41. The molecular formula is C14H18F3NO3. The van der Waals surface area contributed by atoms with Crippen molar-refractivity contribution in [1.29, 1.82) is 0 Å². The van der Waals surface area contributed by atoms with Crippen molar-refractivity contribution in [2.75, 3.05) is 19.8 Å². The van der Waals surface area contributed by atoms with Crippen LogP contribution < -0.4 is 4.74 Å². The molecule has 0 aliphatic rings. The maximum Gasteiger partial charge on any atom is 0.411 e. The summed E-state index contributed by atoms with van der Waals surface area (Å²) in [6, 6.07) is 5.38. The minimum atomic E-state index is -4.31. The van der Waals surface area contributed by atoms with Crippen molar-refractivity contribution >= 4 is 5.71 Å². The fraction of sp³-hybridized carbons (Fsp3) is 0.500. The number of alkyl halides is 3. The fourth-order valence-corrected chi connectivity index (χ4v) is 1.64. The maximum atomic E-state index is 11.9. The predicted molar refractivity (Wildman–Crippen MR) is 72.2 cm³/mol. The van der Waals surface area contributed by atoms with E-state index in [2.05, 4.69) is 9.89 Å². The van der Waals surface area contributed by atoms with Crippen LogP contribution in [0.25, 0.3) is 0 Å². The van der Waals surface area contributed by atoms with Crippen LogP contribution in [-0.4, -0.2) is 36.9 Å². The molecule has 1 aromatic rings. The highest BCUT2D eigenvalue weighted by atomic mass is 19.4. The van der Waals surface area contributed by atoms with E-state index < -0.39 is 12.8 Å². The Morgan fingerprint density at radius 2 is 2.00 bits per heavy atom. The van der Waals surface area contributed by atoms with Gasteiger partial charge in [0.2, 0.25) is 0 Å². The molecule has 0 spiro atoms. The Morgan fingerprint density at radius 1 is 1.29 bits per heavy atom. The number of hydrogen-bond acceptors (Lipinski definition) is 4. The zero-order valence-electron chi connectivity index (χ0n) is 11.9. The molecule has 0 amide bonds. The molecule has 7 heteroatoms. The monoisotopic (exact) mass is 305 g/mol. The van der Waals surface area contributed by atoms with Crippen LogP contribution >= 0.6 is 0 Å². The predicted octanol–water partition coefficient (Wildman–Crippen LogP) is 3.54. The number of nitrogens with zero attached hydrogens (tertiary/aromatic N) is 1. The lowest BCUT2D eigenvalue weighted by molar-refractivity contribution is -0.174. The van der Waals surface area contributed by atoms with E-state index in [9.17, 15) is 13.2 Å². The Hall–Kier alpha value is -1.76. The molecule has 1 rings (SSSR count). The highest BCUT2D eigenvalue weighted by Gasteiger charge is 2.27. The number of benzene rings is 1. The second-order valence-corrected chi connectivity index (χ2v) is 4.55. The van der Waals surface area contributed by atoms with Crippen molar-refractivity contribution in [3.05, 3.63) is 29.3 Å². The first-order chi connectivity index (χ1) is 9.83. The van der Waals surface area contributed by atoms with Gasteiger partial charge in [-0.1, -0.05) is 16.8 Å². The van der Waals surface area contributed by atoms with Crippen molar-refractivity contribution < 1.29 is 27.9 Å². The van der Waals surface area contributed by atoms with Crippen LogP contribution in [0.15, 0.2) is 23.4 Å². The van der Waals surface area contributed by atoms with Gasteiger partial charge in [-0.3, -0.25) is 0 Å². The first-order valence-corrected chi connectivity index (χ1v) is 6.40. The first kappa shape index (κ1) is 17.3. The van der Waals surface area contributed by atoms with Gasteiger partial charge in [-0.15, -0.1) is 0 Å². The Morgan fingerprint density at radius 3 is 2.62 bits per heavy atom. The summed E-state index contributed by atoms with van der Waals surface area (Å²) < 4.78 is 45.5. The van der Waals surface area contributed by atoms with Gasteiger partial charge in [0.1, 0.15) is 12.4 Å². The third-order valence-electron chi connectivity index (χ3n) is 2.63. The number of oxime groups is 1. The molecule has 0 saturated carbocycles. The van der Waals surface area contributed by atoms with E-state index in [1.54, 1.807) is 13.0 Å².